The number of imide groups is 1. The second kappa shape index (κ2) is 6.52. The van der Waals surface area contributed by atoms with Gasteiger partial charge in [0, 0.05) is 5.56 Å². The summed E-state index contributed by atoms with van der Waals surface area (Å²) >= 11 is 0.783. The average molecular weight is 323 g/mol. The van der Waals surface area contributed by atoms with Crippen molar-refractivity contribution in [1.82, 2.24) is 5.32 Å². The molecule has 0 radical (unpaired) electrons. The lowest BCUT2D eigenvalue weighted by molar-refractivity contribution is -0.144. The number of rotatable bonds is 5. The lowest BCUT2D eigenvalue weighted by atomic mass is 10.1. The summed E-state index contributed by atoms with van der Waals surface area (Å²) in [6.07, 6.45) is 0.435. The first-order valence-electron chi connectivity index (χ1n) is 6.23. The number of benzene rings is 1. The first kappa shape index (κ1) is 15.9. The molecule has 0 aromatic heterocycles. The summed E-state index contributed by atoms with van der Waals surface area (Å²) in [7, 11) is 1.41. The summed E-state index contributed by atoms with van der Waals surface area (Å²) in [5, 5.41) is 10.6. The molecule has 0 bridgehead atoms. The topological polar surface area (TPSA) is 102 Å². The third-order valence-electron chi connectivity index (χ3n) is 2.79. The minimum absolute atomic E-state index is 0.228. The van der Waals surface area contributed by atoms with E-state index in [1.807, 2.05) is 0 Å². The van der Waals surface area contributed by atoms with Crippen LogP contribution < -0.4 is 14.8 Å². The average Bonchev–Trinajstić information content (AvgIpc) is 2.77. The van der Waals surface area contributed by atoms with E-state index in [-0.39, 0.29) is 16.4 Å². The monoisotopic (exact) mass is 323 g/mol. The summed E-state index contributed by atoms with van der Waals surface area (Å²) in [5.74, 6) is -1.07. The maximum atomic E-state index is 11.6. The molecule has 1 aromatic rings. The summed E-state index contributed by atoms with van der Waals surface area (Å²) in [6.45, 7) is 1.39. The maximum Gasteiger partial charge on any atom is 0.344 e. The van der Waals surface area contributed by atoms with Crippen LogP contribution in [-0.4, -0.2) is 35.4 Å². The van der Waals surface area contributed by atoms with Gasteiger partial charge in [-0.1, -0.05) is 12.1 Å². The summed E-state index contributed by atoms with van der Waals surface area (Å²) in [5.41, 5.74) is 0.505. The standard InChI is InChI=1S/C14H13NO6S/c1-7(13(17)18)21-9-5-3-4-8(11(9)20-2)6-10-12(16)15-14(19)22-10/h3-7H,1-2H3,(H,17,18)(H,15,16,19)/b10-6-. The van der Waals surface area contributed by atoms with Gasteiger partial charge in [-0.2, -0.15) is 0 Å². The zero-order valence-corrected chi connectivity index (χ0v) is 12.6. The van der Waals surface area contributed by atoms with Crippen LogP contribution in [-0.2, 0) is 9.59 Å². The fourth-order valence-electron chi connectivity index (χ4n) is 1.76. The molecule has 2 rings (SSSR count). The van der Waals surface area contributed by atoms with Gasteiger partial charge >= 0.3 is 5.97 Å². The lowest BCUT2D eigenvalue weighted by Crippen LogP contribution is -2.23. The van der Waals surface area contributed by atoms with E-state index in [2.05, 4.69) is 5.32 Å². The van der Waals surface area contributed by atoms with Crippen LogP contribution in [0.15, 0.2) is 23.1 Å². The number of carbonyl (C=O) groups excluding carboxylic acids is 2. The molecule has 7 nitrogen and oxygen atoms in total. The third-order valence-corrected chi connectivity index (χ3v) is 3.60. The largest absolute Gasteiger partial charge is 0.492 e. The predicted octanol–water partition coefficient (Wildman–Crippen LogP) is 1.87. The van der Waals surface area contributed by atoms with E-state index in [1.54, 1.807) is 18.2 Å². The third kappa shape index (κ3) is 3.40. The molecule has 2 amide bonds. The molecule has 1 aromatic carbocycles. The number of thioether (sulfide) groups is 1. The van der Waals surface area contributed by atoms with E-state index in [1.165, 1.54) is 20.1 Å². The fourth-order valence-corrected chi connectivity index (χ4v) is 2.43. The van der Waals surface area contributed by atoms with Crippen LogP contribution in [0.3, 0.4) is 0 Å². The van der Waals surface area contributed by atoms with Gasteiger partial charge in [0.1, 0.15) is 0 Å². The molecule has 1 heterocycles. The Labute approximate surface area is 130 Å². The number of para-hydroxylation sites is 1. The molecule has 0 spiro atoms. The van der Waals surface area contributed by atoms with Crippen LogP contribution in [0, 0.1) is 0 Å². The normalized spacial score (nSPS) is 17.3. The number of carbonyl (C=O) groups is 3. The van der Waals surface area contributed by atoms with Crippen molar-refractivity contribution in [2.24, 2.45) is 0 Å². The molecule has 0 saturated carbocycles. The highest BCUT2D eigenvalue weighted by molar-refractivity contribution is 8.18. The minimum atomic E-state index is -1.11. The molecule has 1 fully saturated rings. The summed E-state index contributed by atoms with van der Waals surface area (Å²) in [4.78, 5) is 33.8. The fraction of sp³-hybridized carbons (Fsp3) is 0.214. The van der Waals surface area contributed by atoms with E-state index in [9.17, 15) is 14.4 Å². The number of nitrogens with one attached hydrogen (secondary N) is 1. The molecular weight excluding hydrogens is 310 g/mol. The Kier molecular flexibility index (Phi) is 4.71. The Morgan fingerprint density at radius 3 is 2.68 bits per heavy atom. The van der Waals surface area contributed by atoms with Crippen molar-refractivity contribution in [3.63, 3.8) is 0 Å². The molecule has 2 N–H and O–H groups in total. The number of hydrogen-bond donors (Lipinski definition) is 2. The van der Waals surface area contributed by atoms with Gasteiger partial charge in [0.15, 0.2) is 17.6 Å². The molecule has 22 heavy (non-hydrogen) atoms. The van der Waals surface area contributed by atoms with E-state index in [0.717, 1.165) is 11.8 Å². The van der Waals surface area contributed by atoms with Crippen LogP contribution in [0.5, 0.6) is 11.5 Å². The van der Waals surface area contributed by atoms with Crippen molar-refractivity contribution in [3.8, 4) is 11.5 Å². The number of amides is 2. The van der Waals surface area contributed by atoms with Gasteiger partial charge in [-0.25, -0.2) is 4.79 Å². The first-order valence-corrected chi connectivity index (χ1v) is 7.05. The predicted molar refractivity (Wildman–Crippen MR) is 79.8 cm³/mol. The SMILES string of the molecule is COc1c(/C=C2\SC(=O)NC2=O)cccc1OC(C)C(=O)O. The summed E-state index contributed by atoms with van der Waals surface area (Å²) in [6, 6.07) is 4.87. The first-order chi connectivity index (χ1) is 10.4. The van der Waals surface area contributed by atoms with Gasteiger partial charge in [0.2, 0.25) is 0 Å². The molecule has 116 valence electrons. The van der Waals surface area contributed by atoms with Crippen LogP contribution in [0.2, 0.25) is 0 Å². The van der Waals surface area contributed by atoms with Gasteiger partial charge in [-0.05, 0) is 30.8 Å². The quantitative estimate of drug-likeness (QED) is 0.797. The molecule has 0 aliphatic carbocycles. The second-order valence-corrected chi connectivity index (χ2v) is 5.34. The molecule has 1 atom stereocenters. The van der Waals surface area contributed by atoms with E-state index >= 15 is 0 Å². The lowest BCUT2D eigenvalue weighted by Gasteiger charge is -2.15. The Hall–Kier alpha value is -2.48. The van der Waals surface area contributed by atoms with Crippen molar-refractivity contribution < 1.29 is 29.0 Å². The Balaban J connectivity index is 2.37. The number of methoxy groups -OCH3 is 1. The molecule has 1 aliphatic heterocycles. The molecular formula is C14H13NO6S. The van der Waals surface area contributed by atoms with E-state index in [4.69, 9.17) is 14.6 Å². The van der Waals surface area contributed by atoms with Gasteiger partial charge in [0.05, 0.1) is 12.0 Å². The van der Waals surface area contributed by atoms with Gasteiger partial charge in [0.25, 0.3) is 11.1 Å². The van der Waals surface area contributed by atoms with Crippen LogP contribution in [0.4, 0.5) is 4.79 Å². The van der Waals surface area contributed by atoms with E-state index < -0.39 is 23.2 Å². The van der Waals surface area contributed by atoms with Crippen molar-refractivity contribution in [1.29, 1.82) is 0 Å². The molecule has 1 aliphatic rings. The molecule has 1 unspecified atom stereocenters. The summed E-state index contributed by atoms with van der Waals surface area (Å²) < 4.78 is 10.6. The maximum absolute atomic E-state index is 11.6. The van der Waals surface area contributed by atoms with Gasteiger partial charge < -0.3 is 14.6 Å². The zero-order chi connectivity index (χ0) is 16.3. The minimum Gasteiger partial charge on any atom is -0.492 e. The number of carboxylic acids is 1. The smallest absolute Gasteiger partial charge is 0.344 e. The molecule has 1 saturated heterocycles. The second-order valence-electron chi connectivity index (χ2n) is 4.33. The van der Waals surface area contributed by atoms with E-state index in [0.29, 0.717) is 5.56 Å². The Morgan fingerprint density at radius 2 is 2.14 bits per heavy atom. The number of aliphatic carboxylic acids is 1. The Bertz CT molecular complexity index is 669. The van der Waals surface area contributed by atoms with Crippen molar-refractivity contribution in [2.45, 2.75) is 13.0 Å². The van der Waals surface area contributed by atoms with Crippen LogP contribution in [0.25, 0.3) is 6.08 Å². The van der Waals surface area contributed by atoms with Gasteiger partial charge in [-0.3, -0.25) is 14.9 Å². The highest BCUT2D eigenvalue weighted by Gasteiger charge is 2.26. The molecule has 8 heteroatoms. The zero-order valence-electron chi connectivity index (χ0n) is 11.8. The van der Waals surface area contributed by atoms with Crippen molar-refractivity contribution in [2.75, 3.05) is 7.11 Å². The highest BCUT2D eigenvalue weighted by atomic mass is 32.2. The number of hydrogen-bond acceptors (Lipinski definition) is 6. The van der Waals surface area contributed by atoms with Crippen molar-refractivity contribution >= 4 is 35.0 Å². The number of ether oxygens (including phenoxy) is 2. The van der Waals surface area contributed by atoms with Crippen LogP contribution >= 0.6 is 11.8 Å². The Morgan fingerprint density at radius 1 is 1.41 bits per heavy atom. The van der Waals surface area contributed by atoms with Crippen molar-refractivity contribution in [3.05, 3.63) is 28.7 Å². The number of carboxylic acid groups (broad SMARTS) is 1. The van der Waals surface area contributed by atoms with Crippen LogP contribution in [0.1, 0.15) is 12.5 Å². The van der Waals surface area contributed by atoms with Gasteiger partial charge in [-0.15, -0.1) is 0 Å². The highest BCUT2D eigenvalue weighted by Crippen LogP contribution is 2.35.